The molecule has 0 radical (unpaired) electrons. The highest BCUT2D eigenvalue weighted by atomic mass is 16.5. The van der Waals surface area contributed by atoms with E-state index >= 15 is 0 Å². The predicted octanol–water partition coefficient (Wildman–Crippen LogP) is 4.04. The number of allylic oxidation sites excluding steroid dienone is 2. The van der Waals surface area contributed by atoms with Crippen LogP contribution in [0.1, 0.15) is 71.5 Å². The second kappa shape index (κ2) is 11.3. The summed E-state index contributed by atoms with van der Waals surface area (Å²) in [5.74, 6) is 5.58. The van der Waals surface area contributed by atoms with E-state index in [1.807, 2.05) is 45.2 Å². The lowest BCUT2D eigenvalue weighted by Crippen LogP contribution is -2.39. The number of nitrogens with two attached hydrogens (primary N) is 1. The Bertz CT molecular complexity index is 1560. The molecule has 0 saturated carbocycles. The Labute approximate surface area is 228 Å². The highest BCUT2D eigenvalue weighted by molar-refractivity contribution is 6.09. The van der Waals surface area contributed by atoms with Crippen LogP contribution in [-0.4, -0.2) is 40.1 Å². The van der Waals surface area contributed by atoms with E-state index < -0.39 is 5.97 Å². The number of hydrogen-bond acceptors (Lipinski definition) is 6. The number of methoxy groups -OCH3 is 1. The van der Waals surface area contributed by atoms with Crippen LogP contribution < -0.4 is 16.7 Å². The SMILES string of the molecule is CCCc1cc(C)[nH]c(=O)c1CN(N)C(=O)c1cc(C2=CC=C(C(=O)OC)NC2)cc2c1c(C)cn2C(C)C. The van der Waals surface area contributed by atoms with E-state index in [0.29, 0.717) is 23.4 Å². The number of pyridine rings is 1. The maximum Gasteiger partial charge on any atom is 0.354 e. The van der Waals surface area contributed by atoms with Crippen molar-refractivity contribution in [2.24, 2.45) is 5.84 Å². The van der Waals surface area contributed by atoms with Crippen LogP contribution >= 0.6 is 0 Å². The zero-order valence-electron chi connectivity index (χ0n) is 23.5. The van der Waals surface area contributed by atoms with Gasteiger partial charge in [0.15, 0.2) is 0 Å². The molecule has 0 unspecified atom stereocenters. The van der Waals surface area contributed by atoms with Gasteiger partial charge in [0.25, 0.3) is 11.5 Å². The lowest BCUT2D eigenvalue weighted by atomic mass is 9.96. The largest absolute Gasteiger partial charge is 0.464 e. The fourth-order valence-corrected chi connectivity index (χ4v) is 5.16. The van der Waals surface area contributed by atoms with Crippen molar-refractivity contribution in [3.8, 4) is 0 Å². The van der Waals surface area contributed by atoms with Crippen LogP contribution in [0.15, 0.2) is 47.0 Å². The average Bonchev–Trinajstić information content (AvgIpc) is 3.26. The van der Waals surface area contributed by atoms with Gasteiger partial charge in [-0.15, -0.1) is 0 Å². The van der Waals surface area contributed by atoms with Gasteiger partial charge in [0, 0.05) is 40.9 Å². The molecule has 3 heterocycles. The second-order valence-corrected chi connectivity index (χ2v) is 10.3. The molecular formula is C30H37N5O4. The average molecular weight is 532 g/mol. The van der Waals surface area contributed by atoms with Crippen molar-refractivity contribution >= 4 is 28.4 Å². The van der Waals surface area contributed by atoms with Crippen LogP contribution in [0.2, 0.25) is 0 Å². The van der Waals surface area contributed by atoms with E-state index in [-0.39, 0.29) is 24.1 Å². The quantitative estimate of drug-likeness (QED) is 0.175. The van der Waals surface area contributed by atoms with E-state index in [1.54, 1.807) is 6.08 Å². The molecule has 0 spiro atoms. The Morgan fingerprint density at radius 1 is 1.18 bits per heavy atom. The Hall–Kier alpha value is -4.11. The van der Waals surface area contributed by atoms with E-state index in [4.69, 9.17) is 10.6 Å². The van der Waals surface area contributed by atoms with Gasteiger partial charge in [-0.25, -0.2) is 10.6 Å². The Morgan fingerprint density at radius 2 is 1.92 bits per heavy atom. The normalized spacial score (nSPS) is 13.2. The number of hydrazine groups is 1. The molecule has 1 aliphatic rings. The molecule has 0 fully saturated rings. The zero-order valence-corrected chi connectivity index (χ0v) is 23.5. The molecular weight excluding hydrogens is 494 g/mol. The van der Waals surface area contributed by atoms with Gasteiger partial charge < -0.3 is 19.6 Å². The van der Waals surface area contributed by atoms with Crippen LogP contribution in [0, 0.1) is 13.8 Å². The van der Waals surface area contributed by atoms with Gasteiger partial charge in [0.2, 0.25) is 0 Å². The molecule has 1 aromatic carbocycles. The monoisotopic (exact) mass is 531 g/mol. The highest BCUT2D eigenvalue weighted by Crippen LogP contribution is 2.32. The van der Waals surface area contributed by atoms with E-state index in [2.05, 4.69) is 34.8 Å². The molecule has 9 heteroatoms. The van der Waals surface area contributed by atoms with E-state index in [9.17, 15) is 14.4 Å². The summed E-state index contributed by atoms with van der Waals surface area (Å²) < 4.78 is 6.95. The molecule has 9 nitrogen and oxygen atoms in total. The van der Waals surface area contributed by atoms with Gasteiger partial charge in [-0.05, 0) is 80.7 Å². The molecule has 0 aliphatic carbocycles. The lowest BCUT2D eigenvalue weighted by Gasteiger charge is -2.21. The zero-order chi connectivity index (χ0) is 28.4. The summed E-state index contributed by atoms with van der Waals surface area (Å²) >= 11 is 0. The molecule has 1 amide bonds. The van der Waals surface area contributed by atoms with Crippen LogP contribution in [0.25, 0.3) is 16.5 Å². The Kier molecular flexibility index (Phi) is 8.11. The van der Waals surface area contributed by atoms with Crippen molar-refractivity contribution in [2.75, 3.05) is 13.7 Å². The van der Waals surface area contributed by atoms with Crippen LogP contribution in [-0.2, 0) is 22.5 Å². The number of aromatic amines is 1. The van der Waals surface area contributed by atoms with Crippen molar-refractivity contribution in [3.05, 3.63) is 86.1 Å². The summed E-state index contributed by atoms with van der Waals surface area (Å²) in [6.45, 7) is 10.5. The molecule has 4 rings (SSSR count). The van der Waals surface area contributed by atoms with Gasteiger partial charge in [-0.1, -0.05) is 19.4 Å². The van der Waals surface area contributed by atoms with Crippen molar-refractivity contribution < 1.29 is 14.3 Å². The minimum Gasteiger partial charge on any atom is -0.464 e. The number of benzene rings is 1. The predicted molar refractivity (Wildman–Crippen MR) is 153 cm³/mol. The third-order valence-electron chi connectivity index (χ3n) is 7.08. The number of nitrogens with zero attached hydrogens (tertiary/aromatic N) is 2. The van der Waals surface area contributed by atoms with Crippen LogP contribution in [0.4, 0.5) is 0 Å². The fourth-order valence-electron chi connectivity index (χ4n) is 5.16. The summed E-state index contributed by atoms with van der Waals surface area (Å²) in [6.07, 6.45) is 7.17. The van der Waals surface area contributed by atoms with Crippen molar-refractivity contribution in [1.29, 1.82) is 0 Å². The van der Waals surface area contributed by atoms with Gasteiger partial charge in [0.1, 0.15) is 5.70 Å². The number of esters is 1. The van der Waals surface area contributed by atoms with E-state index in [0.717, 1.165) is 56.7 Å². The molecule has 4 N–H and O–H groups in total. The Balaban J connectivity index is 1.81. The number of rotatable bonds is 8. The highest BCUT2D eigenvalue weighted by Gasteiger charge is 2.24. The van der Waals surface area contributed by atoms with Crippen molar-refractivity contribution in [3.63, 3.8) is 0 Å². The summed E-state index contributed by atoms with van der Waals surface area (Å²) in [6, 6.07) is 6.02. The molecule has 0 bridgehead atoms. The number of carbonyl (C=O) groups excluding carboxylic acids is 2. The number of hydrogen-bond donors (Lipinski definition) is 3. The minimum absolute atomic E-state index is 0.00504. The van der Waals surface area contributed by atoms with Crippen LogP contribution in [0.5, 0.6) is 0 Å². The number of aryl methyl sites for hydroxylation is 3. The standard InChI is InChI=1S/C30H37N5O4/c1-7-8-20-11-19(5)33-28(36)24(20)16-35(31)29(37)23-12-22(21-9-10-25(32-14-21)30(38)39-6)13-26-27(23)18(4)15-34(26)17(2)3/h9-13,15,17,32H,7-8,14,16,31H2,1-6H3,(H,33,36). The molecule has 0 saturated heterocycles. The second-order valence-electron chi connectivity index (χ2n) is 10.3. The molecule has 0 atom stereocenters. The summed E-state index contributed by atoms with van der Waals surface area (Å²) in [7, 11) is 1.34. The number of nitrogens with one attached hydrogen (secondary N) is 2. The first kappa shape index (κ1) is 27.9. The maximum atomic E-state index is 13.9. The molecule has 206 valence electrons. The number of ether oxygens (including phenoxy) is 1. The Morgan fingerprint density at radius 3 is 2.54 bits per heavy atom. The summed E-state index contributed by atoms with van der Waals surface area (Å²) in [5, 5.41) is 5.06. The van der Waals surface area contributed by atoms with Gasteiger partial charge >= 0.3 is 5.97 Å². The molecule has 1 aliphatic heterocycles. The first-order valence-electron chi connectivity index (χ1n) is 13.2. The number of amides is 1. The molecule has 2 aromatic heterocycles. The number of carbonyl (C=O) groups is 2. The maximum absolute atomic E-state index is 13.9. The van der Waals surface area contributed by atoms with Gasteiger partial charge in [-0.2, -0.15) is 0 Å². The number of H-pyrrole nitrogens is 1. The third-order valence-corrected chi connectivity index (χ3v) is 7.08. The summed E-state index contributed by atoms with van der Waals surface area (Å²) in [4.78, 5) is 41.5. The number of dihydropyridines is 1. The van der Waals surface area contributed by atoms with E-state index in [1.165, 1.54) is 7.11 Å². The first-order chi connectivity index (χ1) is 18.5. The van der Waals surface area contributed by atoms with Crippen LogP contribution in [0.3, 0.4) is 0 Å². The number of fused-ring (bicyclic) bond motifs is 1. The molecule has 3 aromatic rings. The first-order valence-corrected chi connectivity index (χ1v) is 13.2. The third kappa shape index (κ3) is 5.54. The molecule has 39 heavy (non-hydrogen) atoms. The minimum atomic E-state index is -0.437. The number of aromatic nitrogens is 2. The summed E-state index contributed by atoms with van der Waals surface area (Å²) in [5.41, 5.74) is 6.42. The van der Waals surface area contributed by atoms with Gasteiger partial charge in [0.05, 0.1) is 19.2 Å². The van der Waals surface area contributed by atoms with Gasteiger partial charge in [-0.3, -0.25) is 14.6 Å². The van der Waals surface area contributed by atoms with Crippen molar-refractivity contribution in [1.82, 2.24) is 19.9 Å². The lowest BCUT2D eigenvalue weighted by molar-refractivity contribution is -0.136. The fraction of sp³-hybridized carbons (Fsp3) is 0.367. The topological polar surface area (TPSA) is 122 Å². The van der Waals surface area contributed by atoms with Crippen molar-refractivity contribution in [2.45, 2.75) is 60.0 Å². The smallest absolute Gasteiger partial charge is 0.354 e.